The summed E-state index contributed by atoms with van der Waals surface area (Å²) in [5, 5.41) is 0. The van der Waals surface area contributed by atoms with Crippen molar-refractivity contribution < 1.29 is 13.2 Å². The molecule has 2 aliphatic rings. The monoisotopic (exact) mass is 302 g/mol. The SMILES string of the molecule is FC(F)(F)c1cccc2c1CCc1c-2ccc2c1CCCC2. The van der Waals surface area contributed by atoms with Crippen LogP contribution in [0.5, 0.6) is 0 Å². The summed E-state index contributed by atoms with van der Waals surface area (Å²) in [6.45, 7) is 0. The molecule has 0 saturated carbocycles. The molecule has 0 N–H and O–H groups in total. The molecule has 114 valence electrons. The number of rotatable bonds is 0. The largest absolute Gasteiger partial charge is 0.416 e. The molecule has 4 rings (SSSR count). The number of alkyl halides is 3. The van der Waals surface area contributed by atoms with Crippen LogP contribution in [0.15, 0.2) is 30.3 Å². The van der Waals surface area contributed by atoms with Crippen LogP contribution in [-0.2, 0) is 31.9 Å². The fourth-order valence-corrected chi connectivity index (χ4v) is 4.07. The van der Waals surface area contributed by atoms with Gasteiger partial charge in [-0.3, -0.25) is 0 Å². The Morgan fingerprint density at radius 3 is 2.23 bits per heavy atom. The Kier molecular flexibility index (Phi) is 3.07. The summed E-state index contributed by atoms with van der Waals surface area (Å²) in [4.78, 5) is 0. The van der Waals surface area contributed by atoms with Crippen molar-refractivity contribution in [1.29, 1.82) is 0 Å². The summed E-state index contributed by atoms with van der Waals surface area (Å²) in [5.41, 5.74) is 5.92. The van der Waals surface area contributed by atoms with Gasteiger partial charge in [-0.2, -0.15) is 13.2 Å². The molecule has 0 nitrogen and oxygen atoms in total. The van der Waals surface area contributed by atoms with Crippen molar-refractivity contribution in [3.05, 3.63) is 58.1 Å². The van der Waals surface area contributed by atoms with Gasteiger partial charge in [0, 0.05) is 0 Å². The van der Waals surface area contributed by atoms with Crippen LogP contribution in [0.3, 0.4) is 0 Å². The first kappa shape index (κ1) is 13.9. The highest BCUT2D eigenvalue weighted by Gasteiger charge is 2.35. The molecule has 0 saturated heterocycles. The predicted octanol–water partition coefficient (Wildman–Crippen LogP) is 5.35. The zero-order valence-corrected chi connectivity index (χ0v) is 12.3. The maximum Gasteiger partial charge on any atom is 0.416 e. The summed E-state index contributed by atoms with van der Waals surface area (Å²) < 4.78 is 39.7. The number of hydrogen-bond acceptors (Lipinski definition) is 0. The molecule has 0 spiro atoms. The number of fused-ring (bicyclic) bond motifs is 5. The second kappa shape index (κ2) is 4.87. The summed E-state index contributed by atoms with van der Waals surface area (Å²) >= 11 is 0. The molecule has 2 aromatic rings. The van der Waals surface area contributed by atoms with E-state index < -0.39 is 11.7 Å². The van der Waals surface area contributed by atoms with Crippen molar-refractivity contribution in [2.24, 2.45) is 0 Å². The molecule has 2 aromatic carbocycles. The minimum Gasteiger partial charge on any atom is -0.166 e. The van der Waals surface area contributed by atoms with E-state index in [9.17, 15) is 13.2 Å². The predicted molar refractivity (Wildman–Crippen MR) is 80.9 cm³/mol. The molecule has 0 bridgehead atoms. The van der Waals surface area contributed by atoms with Gasteiger partial charge in [0.25, 0.3) is 0 Å². The van der Waals surface area contributed by atoms with Crippen LogP contribution >= 0.6 is 0 Å². The lowest BCUT2D eigenvalue weighted by Gasteiger charge is -2.28. The van der Waals surface area contributed by atoms with E-state index in [1.54, 1.807) is 0 Å². The second-order valence-electron chi connectivity index (χ2n) is 6.27. The van der Waals surface area contributed by atoms with Crippen LogP contribution in [0.4, 0.5) is 13.2 Å². The third kappa shape index (κ3) is 2.06. The van der Waals surface area contributed by atoms with Crippen LogP contribution in [0.25, 0.3) is 11.1 Å². The maximum atomic E-state index is 13.2. The molecular formula is C19H17F3. The van der Waals surface area contributed by atoms with Crippen LogP contribution in [0.1, 0.15) is 40.7 Å². The highest BCUT2D eigenvalue weighted by Crippen LogP contribution is 2.43. The zero-order chi connectivity index (χ0) is 15.3. The maximum absolute atomic E-state index is 13.2. The van der Waals surface area contributed by atoms with Crippen molar-refractivity contribution in [2.75, 3.05) is 0 Å². The minimum atomic E-state index is -4.27. The van der Waals surface area contributed by atoms with Gasteiger partial charge in [0.1, 0.15) is 0 Å². The van der Waals surface area contributed by atoms with E-state index in [4.69, 9.17) is 0 Å². The van der Waals surface area contributed by atoms with Gasteiger partial charge in [0.05, 0.1) is 5.56 Å². The Bertz CT molecular complexity index is 741. The van der Waals surface area contributed by atoms with Gasteiger partial charge in [-0.25, -0.2) is 0 Å². The van der Waals surface area contributed by atoms with Crippen molar-refractivity contribution in [3.63, 3.8) is 0 Å². The first-order valence-corrected chi connectivity index (χ1v) is 7.89. The molecule has 0 aliphatic heterocycles. The quantitative estimate of drug-likeness (QED) is 0.615. The van der Waals surface area contributed by atoms with Gasteiger partial charge in [-0.1, -0.05) is 24.3 Å². The Morgan fingerprint density at radius 2 is 1.41 bits per heavy atom. The summed E-state index contributed by atoms with van der Waals surface area (Å²) in [5.74, 6) is 0. The third-order valence-corrected chi connectivity index (χ3v) is 5.05. The van der Waals surface area contributed by atoms with E-state index in [2.05, 4.69) is 6.07 Å². The van der Waals surface area contributed by atoms with Crippen LogP contribution in [0.2, 0.25) is 0 Å². The average Bonchev–Trinajstić information content (AvgIpc) is 2.52. The first-order chi connectivity index (χ1) is 10.6. The molecule has 0 unspecified atom stereocenters. The molecule has 0 radical (unpaired) electrons. The van der Waals surface area contributed by atoms with Crippen LogP contribution < -0.4 is 0 Å². The Morgan fingerprint density at radius 1 is 0.682 bits per heavy atom. The third-order valence-electron chi connectivity index (χ3n) is 5.05. The molecule has 0 atom stereocenters. The standard InChI is InChI=1S/C19H17F3/c20-19(21,22)18-7-3-6-14-16-9-8-12-4-1-2-5-13(12)15(16)10-11-17(14)18/h3,6-9H,1-2,4-5,10-11H2. The molecule has 3 heteroatoms. The lowest BCUT2D eigenvalue weighted by Crippen LogP contribution is -2.16. The lowest BCUT2D eigenvalue weighted by atomic mass is 9.77. The summed E-state index contributed by atoms with van der Waals surface area (Å²) in [7, 11) is 0. The summed E-state index contributed by atoms with van der Waals surface area (Å²) in [6.07, 6.45) is 1.56. The van der Waals surface area contributed by atoms with Gasteiger partial charge >= 0.3 is 6.18 Å². The van der Waals surface area contributed by atoms with Gasteiger partial charge in [-0.05, 0) is 78.0 Å². The molecule has 0 heterocycles. The number of halogens is 3. The van der Waals surface area contributed by atoms with Crippen molar-refractivity contribution in [3.8, 4) is 11.1 Å². The smallest absolute Gasteiger partial charge is 0.166 e. The molecule has 0 aromatic heterocycles. The fraction of sp³-hybridized carbons (Fsp3) is 0.368. The fourth-order valence-electron chi connectivity index (χ4n) is 4.07. The Balaban J connectivity index is 1.92. The minimum absolute atomic E-state index is 0.464. The van der Waals surface area contributed by atoms with Crippen LogP contribution in [-0.4, -0.2) is 0 Å². The van der Waals surface area contributed by atoms with Crippen molar-refractivity contribution >= 4 is 0 Å². The molecular weight excluding hydrogens is 285 g/mol. The van der Waals surface area contributed by atoms with Crippen LogP contribution in [0, 0.1) is 0 Å². The highest BCUT2D eigenvalue weighted by molar-refractivity contribution is 5.76. The zero-order valence-electron chi connectivity index (χ0n) is 12.3. The normalized spacial score (nSPS) is 16.7. The van der Waals surface area contributed by atoms with E-state index in [0.717, 1.165) is 30.4 Å². The number of benzene rings is 2. The highest BCUT2D eigenvalue weighted by atomic mass is 19.4. The topological polar surface area (TPSA) is 0 Å². The molecule has 0 fully saturated rings. The van der Waals surface area contributed by atoms with E-state index in [-0.39, 0.29) is 0 Å². The van der Waals surface area contributed by atoms with Gasteiger partial charge in [0.15, 0.2) is 0 Å². The van der Waals surface area contributed by atoms with E-state index in [0.29, 0.717) is 12.0 Å². The average molecular weight is 302 g/mol. The molecule has 2 aliphatic carbocycles. The second-order valence-corrected chi connectivity index (χ2v) is 6.27. The number of hydrogen-bond donors (Lipinski definition) is 0. The first-order valence-electron chi connectivity index (χ1n) is 7.89. The number of aryl methyl sites for hydroxylation is 1. The van der Waals surface area contributed by atoms with E-state index >= 15 is 0 Å². The Labute approximate surface area is 128 Å². The van der Waals surface area contributed by atoms with Crippen molar-refractivity contribution in [1.82, 2.24) is 0 Å². The molecule has 0 amide bonds. The Hall–Kier alpha value is -1.77. The molecule has 22 heavy (non-hydrogen) atoms. The van der Waals surface area contributed by atoms with Crippen molar-refractivity contribution in [2.45, 2.75) is 44.7 Å². The van der Waals surface area contributed by atoms with E-state index in [1.807, 2.05) is 12.1 Å². The summed E-state index contributed by atoms with van der Waals surface area (Å²) in [6, 6.07) is 8.76. The van der Waals surface area contributed by atoms with Gasteiger partial charge in [0.2, 0.25) is 0 Å². The van der Waals surface area contributed by atoms with Gasteiger partial charge < -0.3 is 0 Å². The lowest BCUT2D eigenvalue weighted by molar-refractivity contribution is -0.138. The van der Waals surface area contributed by atoms with E-state index in [1.165, 1.54) is 41.7 Å². The van der Waals surface area contributed by atoms with Gasteiger partial charge in [-0.15, -0.1) is 0 Å².